The first-order valence-corrected chi connectivity index (χ1v) is 10.3. The van der Waals surface area contributed by atoms with Gasteiger partial charge in [-0.1, -0.05) is 0 Å². The third-order valence-electron chi connectivity index (χ3n) is 6.22. The van der Waals surface area contributed by atoms with Gasteiger partial charge >= 0.3 is 0 Å². The monoisotopic (exact) mass is 394 g/mol. The molecule has 1 aliphatic heterocycles. The molecule has 3 aliphatic rings. The fourth-order valence-electron chi connectivity index (χ4n) is 4.59. The first kappa shape index (κ1) is 18.4. The predicted octanol–water partition coefficient (Wildman–Crippen LogP) is 3.22. The van der Waals surface area contributed by atoms with Crippen LogP contribution in [0.3, 0.4) is 0 Å². The average Bonchev–Trinajstić information content (AvgIpc) is 3.21. The third-order valence-corrected chi connectivity index (χ3v) is 6.22. The molecule has 0 bridgehead atoms. The smallest absolute Gasteiger partial charge is 0.222 e. The minimum absolute atomic E-state index is 0.0170. The summed E-state index contributed by atoms with van der Waals surface area (Å²) in [5.41, 5.74) is 3.52. The van der Waals surface area contributed by atoms with Crippen LogP contribution in [0.1, 0.15) is 50.2 Å². The second-order valence-corrected chi connectivity index (χ2v) is 8.68. The molecule has 5 rings (SSSR count). The highest BCUT2D eigenvalue weighted by Crippen LogP contribution is 2.58. The number of carbonyl (C=O) groups is 1. The van der Waals surface area contributed by atoms with Crippen molar-refractivity contribution in [3.05, 3.63) is 35.5 Å². The van der Waals surface area contributed by atoms with E-state index in [-0.39, 0.29) is 23.5 Å². The number of hydrogen-bond donors (Lipinski definition) is 2. The summed E-state index contributed by atoms with van der Waals surface area (Å²) in [4.78, 5) is 22.9. The number of nitrogens with zero attached hydrogens (tertiary/aromatic N) is 3. The molecule has 3 heterocycles. The molecule has 0 saturated heterocycles. The number of fused-ring (bicyclic) bond motifs is 2. The van der Waals surface area contributed by atoms with E-state index in [0.717, 1.165) is 49.3 Å². The number of carbonyl (C=O) groups excluding carboxylic acids is 1. The van der Waals surface area contributed by atoms with Gasteiger partial charge in [0.25, 0.3) is 0 Å². The summed E-state index contributed by atoms with van der Waals surface area (Å²) >= 11 is 0. The van der Waals surface area contributed by atoms with Crippen LogP contribution in [0.4, 0.5) is 17.3 Å². The van der Waals surface area contributed by atoms with Crippen molar-refractivity contribution in [2.75, 3.05) is 16.8 Å². The molecule has 7 nitrogen and oxygen atoms in total. The Morgan fingerprint density at radius 2 is 2.14 bits per heavy atom. The molecule has 29 heavy (non-hydrogen) atoms. The van der Waals surface area contributed by atoms with Crippen LogP contribution in [0.25, 0.3) is 0 Å². The molecule has 2 N–H and O–H groups in total. The lowest BCUT2D eigenvalue weighted by atomic mass is 10.0. The molecule has 1 spiro atoms. The van der Waals surface area contributed by atoms with Gasteiger partial charge in [-0.15, -0.1) is 0 Å². The summed E-state index contributed by atoms with van der Waals surface area (Å²) in [6.45, 7) is 4.40. The number of aliphatic hydroxyl groups is 1. The first-order chi connectivity index (χ1) is 13.9. The van der Waals surface area contributed by atoms with Crippen molar-refractivity contribution in [3.8, 4) is 5.88 Å². The van der Waals surface area contributed by atoms with Gasteiger partial charge in [0.1, 0.15) is 17.7 Å². The maximum Gasteiger partial charge on any atom is 0.222 e. The number of nitrogens with one attached hydrogen (secondary N) is 1. The molecular weight excluding hydrogens is 368 g/mol. The SMILES string of the molecule is CC(=O)Nc1cc2c(cn1)C1(CC1)CN2c1cc(C)cc(OC2CCC(O)C2)n1. The van der Waals surface area contributed by atoms with E-state index >= 15 is 0 Å². The molecule has 2 aliphatic carbocycles. The van der Waals surface area contributed by atoms with Crippen LogP contribution in [-0.4, -0.2) is 39.7 Å². The van der Waals surface area contributed by atoms with Crippen molar-refractivity contribution in [2.24, 2.45) is 0 Å². The fraction of sp³-hybridized carbons (Fsp3) is 0.500. The third kappa shape index (κ3) is 3.44. The van der Waals surface area contributed by atoms with Gasteiger partial charge in [0, 0.05) is 49.2 Å². The van der Waals surface area contributed by atoms with E-state index in [4.69, 9.17) is 9.72 Å². The summed E-state index contributed by atoms with van der Waals surface area (Å²) in [5.74, 6) is 1.88. The molecule has 0 aromatic carbocycles. The molecule has 0 radical (unpaired) electrons. The largest absolute Gasteiger partial charge is 0.474 e. The number of hydrogen-bond acceptors (Lipinski definition) is 6. The number of aromatic nitrogens is 2. The zero-order valence-corrected chi connectivity index (χ0v) is 16.8. The maximum absolute atomic E-state index is 11.5. The highest BCUT2D eigenvalue weighted by Gasteiger charge is 2.52. The van der Waals surface area contributed by atoms with Crippen LogP contribution in [0.2, 0.25) is 0 Å². The lowest BCUT2D eigenvalue weighted by molar-refractivity contribution is -0.114. The Morgan fingerprint density at radius 1 is 1.31 bits per heavy atom. The standard InChI is InChI=1S/C22H26N4O3/c1-13-7-20(25-21(8-13)29-16-4-3-15(28)9-16)26-12-22(5-6-22)17-11-23-19(10-18(17)26)24-14(2)27/h7-8,10-11,15-16,28H,3-6,9,12H2,1-2H3,(H,23,24,27). The molecule has 2 aromatic rings. The maximum atomic E-state index is 11.5. The number of ether oxygens (including phenoxy) is 1. The van der Waals surface area contributed by atoms with Gasteiger partial charge in [-0.3, -0.25) is 4.79 Å². The Kier molecular flexibility index (Phi) is 4.24. The lowest BCUT2D eigenvalue weighted by Gasteiger charge is -2.21. The van der Waals surface area contributed by atoms with Crippen molar-refractivity contribution in [2.45, 2.75) is 63.6 Å². The Hall–Kier alpha value is -2.67. The number of amides is 1. The van der Waals surface area contributed by atoms with Crippen molar-refractivity contribution in [1.82, 2.24) is 9.97 Å². The number of pyridine rings is 2. The number of aliphatic hydroxyl groups excluding tert-OH is 1. The second-order valence-electron chi connectivity index (χ2n) is 8.68. The molecule has 2 aromatic heterocycles. The summed E-state index contributed by atoms with van der Waals surface area (Å²) in [5, 5.41) is 12.6. The molecule has 7 heteroatoms. The van der Waals surface area contributed by atoms with Gasteiger partial charge in [0.05, 0.1) is 11.8 Å². The van der Waals surface area contributed by atoms with Crippen LogP contribution in [0.15, 0.2) is 24.4 Å². The Bertz CT molecular complexity index is 973. The summed E-state index contributed by atoms with van der Waals surface area (Å²) < 4.78 is 6.09. The molecule has 2 atom stereocenters. The Labute approximate surface area is 170 Å². The molecule has 1 amide bonds. The highest BCUT2D eigenvalue weighted by molar-refractivity contribution is 5.89. The van der Waals surface area contributed by atoms with Crippen LogP contribution < -0.4 is 15.0 Å². The highest BCUT2D eigenvalue weighted by atomic mass is 16.5. The Morgan fingerprint density at radius 3 is 2.83 bits per heavy atom. The van der Waals surface area contributed by atoms with Crippen LogP contribution in [-0.2, 0) is 10.2 Å². The lowest BCUT2D eigenvalue weighted by Crippen LogP contribution is -2.21. The second kappa shape index (κ2) is 6.69. The minimum Gasteiger partial charge on any atom is -0.474 e. The molecule has 152 valence electrons. The fourth-order valence-corrected chi connectivity index (χ4v) is 4.59. The van der Waals surface area contributed by atoms with Gasteiger partial charge in [-0.25, -0.2) is 4.98 Å². The quantitative estimate of drug-likeness (QED) is 0.828. The normalized spacial score (nSPS) is 23.9. The van der Waals surface area contributed by atoms with Gasteiger partial charge in [0.15, 0.2) is 0 Å². The van der Waals surface area contributed by atoms with Gasteiger partial charge in [-0.05, 0) is 44.2 Å². The zero-order chi connectivity index (χ0) is 20.2. The van der Waals surface area contributed by atoms with Crippen molar-refractivity contribution >= 4 is 23.2 Å². The van der Waals surface area contributed by atoms with E-state index in [0.29, 0.717) is 18.1 Å². The molecule has 2 saturated carbocycles. The van der Waals surface area contributed by atoms with E-state index in [1.165, 1.54) is 12.5 Å². The first-order valence-electron chi connectivity index (χ1n) is 10.3. The van der Waals surface area contributed by atoms with E-state index in [9.17, 15) is 9.90 Å². The number of anilines is 3. The van der Waals surface area contributed by atoms with Crippen molar-refractivity contribution in [3.63, 3.8) is 0 Å². The van der Waals surface area contributed by atoms with Crippen molar-refractivity contribution in [1.29, 1.82) is 0 Å². The van der Waals surface area contributed by atoms with Gasteiger partial charge in [-0.2, -0.15) is 4.98 Å². The summed E-state index contributed by atoms with van der Waals surface area (Å²) in [6.07, 6.45) is 6.23. The topological polar surface area (TPSA) is 87.6 Å². The summed E-state index contributed by atoms with van der Waals surface area (Å²) in [6, 6.07) is 5.97. The number of aryl methyl sites for hydroxylation is 1. The summed E-state index contributed by atoms with van der Waals surface area (Å²) in [7, 11) is 0. The van der Waals surface area contributed by atoms with E-state index in [1.54, 1.807) is 0 Å². The van der Waals surface area contributed by atoms with Crippen LogP contribution in [0.5, 0.6) is 5.88 Å². The van der Waals surface area contributed by atoms with Gasteiger partial charge < -0.3 is 20.1 Å². The number of rotatable bonds is 4. The predicted molar refractivity (Wildman–Crippen MR) is 110 cm³/mol. The van der Waals surface area contributed by atoms with E-state index in [2.05, 4.69) is 21.3 Å². The van der Waals surface area contributed by atoms with E-state index in [1.807, 2.05) is 25.3 Å². The Balaban J connectivity index is 1.48. The average molecular weight is 394 g/mol. The molecule has 2 unspecified atom stereocenters. The molecular formula is C22H26N4O3. The minimum atomic E-state index is -0.274. The van der Waals surface area contributed by atoms with Crippen molar-refractivity contribution < 1.29 is 14.6 Å². The van der Waals surface area contributed by atoms with E-state index < -0.39 is 0 Å². The van der Waals surface area contributed by atoms with Crippen LogP contribution >= 0.6 is 0 Å². The van der Waals surface area contributed by atoms with Crippen LogP contribution in [0, 0.1) is 6.92 Å². The zero-order valence-electron chi connectivity index (χ0n) is 16.8. The van der Waals surface area contributed by atoms with Gasteiger partial charge in [0.2, 0.25) is 11.8 Å². The molecule has 2 fully saturated rings.